The summed E-state index contributed by atoms with van der Waals surface area (Å²) in [7, 11) is -3.77. The second-order valence-electron chi connectivity index (χ2n) is 1.91. The van der Waals surface area contributed by atoms with Crippen LogP contribution in [0.3, 0.4) is 0 Å². The van der Waals surface area contributed by atoms with Gasteiger partial charge in [0.25, 0.3) is 0 Å². The van der Waals surface area contributed by atoms with Crippen LogP contribution in [0.5, 0.6) is 0 Å². The van der Waals surface area contributed by atoms with E-state index in [1.807, 2.05) is 6.92 Å². The van der Waals surface area contributed by atoms with Gasteiger partial charge in [-0.1, -0.05) is 20.0 Å². The fourth-order valence-electron chi connectivity index (χ4n) is 0.441. The van der Waals surface area contributed by atoms with Crippen LogP contribution in [0.25, 0.3) is 0 Å². The van der Waals surface area contributed by atoms with Crippen LogP contribution in [0.1, 0.15) is 19.8 Å². The average molecular weight is 270 g/mol. The van der Waals surface area contributed by atoms with Crippen molar-refractivity contribution in [2.24, 2.45) is 0 Å². The van der Waals surface area contributed by atoms with Crippen molar-refractivity contribution in [2.45, 2.75) is 19.8 Å². The molecule has 71 valence electrons. The Morgan fingerprint density at radius 1 is 1.33 bits per heavy atom. The third-order valence-corrected chi connectivity index (χ3v) is 1.86. The molecule has 0 saturated heterocycles. The standard InChI is InChI=1S/C6H13O4S.Y/c1-3-5-6-10-11(7,8)9-4-2;/h2-6H2,1H3;/q-1;. The first-order valence-corrected chi connectivity index (χ1v) is 4.78. The minimum absolute atomic E-state index is 0. The summed E-state index contributed by atoms with van der Waals surface area (Å²) >= 11 is 0. The second kappa shape index (κ2) is 8.57. The summed E-state index contributed by atoms with van der Waals surface area (Å²) in [6, 6.07) is 0. The summed E-state index contributed by atoms with van der Waals surface area (Å²) in [5.41, 5.74) is 0. The minimum atomic E-state index is -3.77. The van der Waals surface area contributed by atoms with Gasteiger partial charge in [-0.3, -0.25) is 4.18 Å². The zero-order valence-corrected chi connectivity index (χ0v) is 10.8. The SMILES string of the molecule is [CH2-]COS(=O)(=O)OCCCC.[Y]. The van der Waals surface area contributed by atoms with Crippen molar-refractivity contribution in [2.75, 3.05) is 13.2 Å². The molecule has 1 radical (unpaired) electrons. The van der Waals surface area contributed by atoms with Gasteiger partial charge < -0.3 is 6.92 Å². The largest absolute Gasteiger partial charge is 0.397 e. The van der Waals surface area contributed by atoms with Crippen molar-refractivity contribution in [1.82, 2.24) is 0 Å². The Morgan fingerprint density at radius 3 is 2.33 bits per heavy atom. The van der Waals surface area contributed by atoms with Crippen LogP contribution in [0.4, 0.5) is 0 Å². The van der Waals surface area contributed by atoms with E-state index in [1.165, 1.54) is 0 Å². The monoisotopic (exact) mass is 270 g/mol. The van der Waals surface area contributed by atoms with Gasteiger partial charge >= 0.3 is 10.4 Å². The van der Waals surface area contributed by atoms with Crippen LogP contribution in [0.15, 0.2) is 0 Å². The fourth-order valence-corrected chi connectivity index (χ4v) is 1.04. The van der Waals surface area contributed by atoms with Crippen LogP contribution in [-0.4, -0.2) is 21.6 Å². The van der Waals surface area contributed by atoms with E-state index in [1.54, 1.807) is 0 Å². The van der Waals surface area contributed by atoms with Gasteiger partial charge in [0.15, 0.2) is 0 Å². The smallest absolute Gasteiger partial charge is 0.317 e. The first kappa shape index (κ1) is 15.4. The predicted molar refractivity (Wildman–Crippen MR) is 41.1 cm³/mol. The Bertz CT molecular complexity index is 178. The molecule has 0 N–H and O–H groups in total. The van der Waals surface area contributed by atoms with Crippen molar-refractivity contribution < 1.29 is 49.5 Å². The average Bonchev–Trinajstić information content (AvgIpc) is 1.87. The molecule has 0 rings (SSSR count). The summed E-state index contributed by atoms with van der Waals surface area (Å²) in [6.07, 6.45) is 1.60. The molecule has 0 bridgehead atoms. The van der Waals surface area contributed by atoms with Crippen molar-refractivity contribution >= 4 is 10.4 Å². The van der Waals surface area contributed by atoms with Gasteiger partial charge in [0.2, 0.25) is 0 Å². The molecule has 4 nitrogen and oxygen atoms in total. The van der Waals surface area contributed by atoms with Gasteiger partial charge in [0.1, 0.15) is 0 Å². The predicted octanol–water partition coefficient (Wildman–Crippen LogP) is 0.896. The molecular formula is C6H13O4SY-. The zero-order chi connectivity index (χ0) is 8.74. The zero-order valence-electron chi connectivity index (χ0n) is 7.15. The molecule has 0 saturated carbocycles. The Balaban J connectivity index is 0. The molecule has 0 unspecified atom stereocenters. The van der Waals surface area contributed by atoms with Gasteiger partial charge in [-0.2, -0.15) is 8.42 Å². The minimum Gasteiger partial charge on any atom is -0.317 e. The quantitative estimate of drug-likeness (QED) is 0.531. The summed E-state index contributed by atoms with van der Waals surface area (Å²) in [5, 5.41) is 0. The van der Waals surface area contributed by atoms with Gasteiger partial charge in [-0.05, 0) is 6.42 Å². The van der Waals surface area contributed by atoms with Crippen molar-refractivity contribution in [3.63, 3.8) is 0 Å². The normalized spacial score (nSPS) is 10.8. The maximum atomic E-state index is 10.6. The Morgan fingerprint density at radius 2 is 1.92 bits per heavy atom. The summed E-state index contributed by atoms with van der Waals surface area (Å²) < 4.78 is 29.9. The molecule has 0 fully saturated rings. The van der Waals surface area contributed by atoms with Crippen LogP contribution < -0.4 is 0 Å². The number of rotatable bonds is 6. The van der Waals surface area contributed by atoms with E-state index in [4.69, 9.17) is 0 Å². The van der Waals surface area contributed by atoms with Crippen molar-refractivity contribution in [3.05, 3.63) is 6.92 Å². The van der Waals surface area contributed by atoms with E-state index >= 15 is 0 Å². The Labute approximate surface area is 99.2 Å². The maximum Gasteiger partial charge on any atom is 0.397 e. The Kier molecular flexibility index (Phi) is 11.0. The van der Waals surface area contributed by atoms with Gasteiger partial charge in [-0.15, -0.1) is 0 Å². The third kappa shape index (κ3) is 9.07. The van der Waals surface area contributed by atoms with E-state index < -0.39 is 10.4 Å². The second-order valence-corrected chi connectivity index (χ2v) is 3.19. The van der Waals surface area contributed by atoms with Crippen LogP contribution in [0.2, 0.25) is 0 Å². The number of hydrogen-bond acceptors (Lipinski definition) is 4. The molecule has 0 aromatic heterocycles. The summed E-state index contributed by atoms with van der Waals surface area (Å²) in [6.45, 7) is 5.21. The molecule has 12 heavy (non-hydrogen) atoms. The maximum absolute atomic E-state index is 10.6. The van der Waals surface area contributed by atoms with Gasteiger partial charge in [0, 0.05) is 32.7 Å². The van der Waals surface area contributed by atoms with E-state index in [0.29, 0.717) is 6.42 Å². The van der Waals surface area contributed by atoms with Crippen LogP contribution in [0, 0.1) is 6.92 Å². The number of unbranched alkanes of at least 4 members (excludes halogenated alkanes) is 1. The first-order valence-electron chi connectivity index (χ1n) is 3.45. The summed E-state index contributed by atoms with van der Waals surface area (Å²) in [5.74, 6) is 0. The van der Waals surface area contributed by atoms with E-state index in [-0.39, 0.29) is 45.9 Å². The fraction of sp³-hybridized carbons (Fsp3) is 0.833. The molecule has 6 heteroatoms. The van der Waals surface area contributed by atoms with Crippen LogP contribution in [-0.2, 0) is 51.5 Å². The van der Waals surface area contributed by atoms with Crippen molar-refractivity contribution in [1.29, 1.82) is 0 Å². The van der Waals surface area contributed by atoms with Crippen LogP contribution >= 0.6 is 0 Å². The third-order valence-electron chi connectivity index (χ3n) is 0.953. The molecule has 0 aliphatic carbocycles. The molecular weight excluding hydrogens is 257 g/mol. The van der Waals surface area contributed by atoms with E-state index in [2.05, 4.69) is 15.3 Å². The van der Waals surface area contributed by atoms with Gasteiger partial charge in [-0.25, -0.2) is 4.18 Å². The number of hydrogen-bond donors (Lipinski definition) is 0. The molecule has 0 aromatic carbocycles. The van der Waals surface area contributed by atoms with Crippen molar-refractivity contribution in [3.8, 4) is 0 Å². The van der Waals surface area contributed by atoms with E-state index in [9.17, 15) is 8.42 Å². The first-order chi connectivity index (χ1) is 5.12. The summed E-state index contributed by atoms with van der Waals surface area (Å²) in [4.78, 5) is 0. The molecule has 0 amide bonds. The molecule has 0 aliphatic heterocycles. The molecule has 0 aromatic rings. The molecule has 0 heterocycles. The molecule has 0 aliphatic rings. The van der Waals surface area contributed by atoms with Gasteiger partial charge in [0.05, 0.1) is 6.61 Å². The van der Waals surface area contributed by atoms with E-state index in [0.717, 1.165) is 6.42 Å². The molecule has 0 spiro atoms. The molecule has 0 atom stereocenters. The Hall–Kier alpha value is 0.974. The topological polar surface area (TPSA) is 52.6 Å².